The molecular formula is C13H20BrN3O2. The van der Waals surface area contributed by atoms with Crippen molar-refractivity contribution in [1.29, 1.82) is 0 Å². The minimum Gasteiger partial charge on any atom is -0.444 e. The second-order valence-electron chi connectivity index (χ2n) is 5.27. The molecule has 5 nitrogen and oxygen atoms in total. The van der Waals surface area contributed by atoms with Crippen molar-refractivity contribution in [3.63, 3.8) is 0 Å². The Morgan fingerprint density at radius 2 is 2.21 bits per heavy atom. The Morgan fingerprint density at radius 1 is 1.53 bits per heavy atom. The molecule has 0 radical (unpaired) electrons. The van der Waals surface area contributed by atoms with Gasteiger partial charge in [-0.05, 0) is 54.8 Å². The van der Waals surface area contributed by atoms with E-state index in [1.54, 1.807) is 6.20 Å². The lowest BCUT2D eigenvalue weighted by Crippen LogP contribution is -2.44. The molecule has 0 saturated carbocycles. The van der Waals surface area contributed by atoms with Gasteiger partial charge in [-0.15, -0.1) is 0 Å². The number of alkyl carbamates (subject to hydrolysis) is 1. The van der Waals surface area contributed by atoms with Gasteiger partial charge in [-0.25, -0.2) is 9.78 Å². The largest absolute Gasteiger partial charge is 0.444 e. The summed E-state index contributed by atoms with van der Waals surface area (Å²) in [6.07, 6.45) is 1.92. The standard InChI is InChI=1S/C13H20BrN3O2/c1-13(2,3)19-12(18)17-10(7-15)6-9-4-5-11(14)16-8-9/h4-5,8,10H,6-7,15H2,1-3H3,(H,17,18). The van der Waals surface area contributed by atoms with E-state index in [0.29, 0.717) is 13.0 Å². The van der Waals surface area contributed by atoms with Gasteiger partial charge in [-0.3, -0.25) is 0 Å². The lowest BCUT2D eigenvalue weighted by Gasteiger charge is -2.23. The van der Waals surface area contributed by atoms with Crippen LogP contribution < -0.4 is 11.1 Å². The van der Waals surface area contributed by atoms with Crippen LogP contribution in [-0.4, -0.2) is 29.3 Å². The molecule has 0 bridgehead atoms. The van der Waals surface area contributed by atoms with Crippen LogP contribution in [0, 0.1) is 0 Å². The third-order valence-electron chi connectivity index (χ3n) is 2.28. The van der Waals surface area contributed by atoms with E-state index in [0.717, 1.165) is 10.2 Å². The van der Waals surface area contributed by atoms with E-state index in [4.69, 9.17) is 10.5 Å². The zero-order chi connectivity index (χ0) is 14.5. The summed E-state index contributed by atoms with van der Waals surface area (Å²) in [5, 5.41) is 2.76. The fourth-order valence-electron chi connectivity index (χ4n) is 1.48. The van der Waals surface area contributed by atoms with Gasteiger partial charge < -0.3 is 15.8 Å². The Bertz CT molecular complexity index is 415. The predicted octanol–water partition coefficient (Wildman–Crippen LogP) is 2.24. The molecule has 0 saturated heterocycles. The third-order valence-corrected chi connectivity index (χ3v) is 2.75. The molecule has 3 N–H and O–H groups in total. The highest BCUT2D eigenvalue weighted by molar-refractivity contribution is 9.10. The number of halogens is 1. The normalized spacial score (nSPS) is 12.9. The highest BCUT2D eigenvalue weighted by Crippen LogP contribution is 2.09. The molecule has 0 aromatic carbocycles. The van der Waals surface area contributed by atoms with Crippen LogP contribution in [0.5, 0.6) is 0 Å². The number of ether oxygens (including phenoxy) is 1. The number of nitrogens with one attached hydrogen (secondary N) is 1. The van der Waals surface area contributed by atoms with Crippen LogP contribution in [0.2, 0.25) is 0 Å². The van der Waals surface area contributed by atoms with Gasteiger partial charge in [0.15, 0.2) is 0 Å². The van der Waals surface area contributed by atoms with E-state index in [1.165, 1.54) is 0 Å². The van der Waals surface area contributed by atoms with Crippen LogP contribution in [0.3, 0.4) is 0 Å². The van der Waals surface area contributed by atoms with Gasteiger partial charge in [-0.1, -0.05) is 6.07 Å². The number of carbonyl (C=O) groups excluding carboxylic acids is 1. The number of nitrogens with two attached hydrogens (primary N) is 1. The van der Waals surface area contributed by atoms with Crippen molar-refractivity contribution < 1.29 is 9.53 Å². The Morgan fingerprint density at radius 3 is 2.68 bits per heavy atom. The molecule has 0 aliphatic heterocycles. The molecule has 19 heavy (non-hydrogen) atoms. The maximum Gasteiger partial charge on any atom is 0.407 e. The SMILES string of the molecule is CC(C)(C)OC(=O)NC(CN)Cc1ccc(Br)nc1. The molecule has 0 fully saturated rings. The number of rotatable bonds is 4. The summed E-state index contributed by atoms with van der Waals surface area (Å²) in [5.41, 5.74) is 6.16. The van der Waals surface area contributed by atoms with Crippen molar-refractivity contribution >= 4 is 22.0 Å². The maximum atomic E-state index is 11.7. The number of amides is 1. The molecule has 1 amide bonds. The Hall–Kier alpha value is -1.14. The van der Waals surface area contributed by atoms with Crippen LogP contribution in [0.25, 0.3) is 0 Å². The van der Waals surface area contributed by atoms with E-state index in [2.05, 4.69) is 26.2 Å². The van der Waals surface area contributed by atoms with Gasteiger partial charge in [0.25, 0.3) is 0 Å². The van der Waals surface area contributed by atoms with Crippen LogP contribution >= 0.6 is 15.9 Å². The summed E-state index contributed by atoms with van der Waals surface area (Å²) in [5.74, 6) is 0. The lowest BCUT2D eigenvalue weighted by molar-refractivity contribution is 0.0506. The van der Waals surface area contributed by atoms with Gasteiger partial charge in [0, 0.05) is 18.8 Å². The van der Waals surface area contributed by atoms with Crippen LogP contribution in [0.1, 0.15) is 26.3 Å². The first-order chi connectivity index (χ1) is 8.80. The Labute approximate surface area is 122 Å². The van der Waals surface area contributed by atoms with Gasteiger partial charge in [0.05, 0.1) is 0 Å². The summed E-state index contributed by atoms with van der Waals surface area (Å²) >= 11 is 3.28. The quantitative estimate of drug-likeness (QED) is 0.830. The zero-order valence-electron chi connectivity index (χ0n) is 11.4. The summed E-state index contributed by atoms with van der Waals surface area (Å²) in [6, 6.07) is 3.63. The number of nitrogens with zero attached hydrogens (tertiary/aromatic N) is 1. The topological polar surface area (TPSA) is 77.2 Å². The average molecular weight is 330 g/mol. The van der Waals surface area contributed by atoms with Crippen molar-refractivity contribution in [3.8, 4) is 0 Å². The summed E-state index contributed by atoms with van der Waals surface area (Å²) in [6.45, 7) is 5.81. The summed E-state index contributed by atoms with van der Waals surface area (Å²) < 4.78 is 5.98. The minimum absolute atomic E-state index is 0.169. The summed E-state index contributed by atoms with van der Waals surface area (Å²) in [4.78, 5) is 15.8. The number of aromatic nitrogens is 1. The molecule has 1 unspecified atom stereocenters. The zero-order valence-corrected chi connectivity index (χ0v) is 13.0. The predicted molar refractivity (Wildman–Crippen MR) is 77.9 cm³/mol. The van der Waals surface area contributed by atoms with E-state index in [9.17, 15) is 4.79 Å². The molecule has 0 aliphatic rings. The molecule has 106 valence electrons. The molecule has 6 heteroatoms. The van der Waals surface area contributed by atoms with Crippen molar-refractivity contribution in [3.05, 3.63) is 28.5 Å². The number of pyridine rings is 1. The third kappa shape index (κ3) is 6.54. The van der Waals surface area contributed by atoms with Gasteiger partial charge in [-0.2, -0.15) is 0 Å². The fourth-order valence-corrected chi connectivity index (χ4v) is 1.71. The number of carbonyl (C=O) groups is 1. The van der Waals surface area contributed by atoms with E-state index in [1.807, 2.05) is 32.9 Å². The van der Waals surface area contributed by atoms with Crippen molar-refractivity contribution in [2.75, 3.05) is 6.54 Å². The molecule has 1 aromatic heterocycles. The molecule has 1 aromatic rings. The van der Waals surface area contributed by atoms with Crippen LogP contribution in [0.4, 0.5) is 4.79 Å². The van der Waals surface area contributed by atoms with Gasteiger partial charge >= 0.3 is 6.09 Å². The minimum atomic E-state index is -0.512. The second kappa shape index (κ2) is 6.86. The molecule has 1 rings (SSSR count). The second-order valence-corrected chi connectivity index (χ2v) is 6.08. The first-order valence-corrected chi connectivity index (χ1v) is 6.89. The van der Waals surface area contributed by atoms with E-state index in [-0.39, 0.29) is 6.04 Å². The molecule has 1 heterocycles. The fraction of sp³-hybridized carbons (Fsp3) is 0.538. The van der Waals surface area contributed by atoms with Crippen LogP contribution in [-0.2, 0) is 11.2 Å². The highest BCUT2D eigenvalue weighted by Gasteiger charge is 2.19. The summed E-state index contributed by atoms with van der Waals surface area (Å²) in [7, 11) is 0. The smallest absolute Gasteiger partial charge is 0.407 e. The Kier molecular flexibility index (Phi) is 5.75. The molecule has 1 atom stereocenters. The first kappa shape index (κ1) is 15.9. The molecule has 0 aliphatic carbocycles. The number of hydrogen-bond acceptors (Lipinski definition) is 4. The van der Waals surface area contributed by atoms with Gasteiger partial charge in [0.2, 0.25) is 0 Å². The van der Waals surface area contributed by atoms with Gasteiger partial charge in [0.1, 0.15) is 10.2 Å². The maximum absolute atomic E-state index is 11.7. The Balaban J connectivity index is 2.54. The van der Waals surface area contributed by atoms with Crippen molar-refractivity contribution in [2.24, 2.45) is 5.73 Å². The van der Waals surface area contributed by atoms with Crippen molar-refractivity contribution in [2.45, 2.75) is 38.8 Å². The lowest BCUT2D eigenvalue weighted by atomic mass is 10.1. The number of hydrogen-bond donors (Lipinski definition) is 2. The first-order valence-electron chi connectivity index (χ1n) is 6.10. The molecular weight excluding hydrogens is 310 g/mol. The monoisotopic (exact) mass is 329 g/mol. The average Bonchev–Trinajstić information content (AvgIpc) is 2.28. The highest BCUT2D eigenvalue weighted by atomic mass is 79.9. The van der Waals surface area contributed by atoms with Crippen LogP contribution in [0.15, 0.2) is 22.9 Å². The van der Waals surface area contributed by atoms with Crippen molar-refractivity contribution in [1.82, 2.24) is 10.3 Å². The van der Waals surface area contributed by atoms with E-state index >= 15 is 0 Å². The molecule has 0 spiro atoms. The van der Waals surface area contributed by atoms with E-state index < -0.39 is 11.7 Å².